The van der Waals surface area contributed by atoms with Crippen molar-refractivity contribution in [1.29, 1.82) is 0 Å². The minimum absolute atomic E-state index is 0.0516. The highest BCUT2D eigenvalue weighted by molar-refractivity contribution is 5.29. The van der Waals surface area contributed by atoms with E-state index in [0.717, 1.165) is 25.7 Å². The molecular formula is C44H60O2. The van der Waals surface area contributed by atoms with Gasteiger partial charge < -0.3 is 9.47 Å². The summed E-state index contributed by atoms with van der Waals surface area (Å²) in [7, 11) is 0. The summed E-state index contributed by atoms with van der Waals surface area (Å²) in [5.41, 5.74) is 10.8. The summed E-state index contributed by atoms with van der Waals surface area (Å²) in [4.78, 5) is 0. The van der Waals surface area contributed by atoms with Crippen molar-refractivity contribution in [2.24, 2.45) is 23.7 Å². The SMILES string of the molecule is C=C1CCC2CC1C(c1ccc(C)cc1)OC2(C)CC=C(C)C.CC(C)=CCC1(C)OC(c2ccc(C)cc2)C2CC1CC=C2C. The molecule has 2 heteroatoms. The fraction of sp³-hybridized carbons (Fsp3) is 0.545. The lowest BCUT2D eigenvalue weighted by Gasteiger charge is -2.52. The molecule has 248 valence electrons. The minimum Gasteiger partial charge on any atom is -0.366 e. The average Bonchev–Trinajstić information content (AvgIpc) is 3.02. The van der Waals surface area contributed by atoms with Gasteiger partial charge in [0.2, 0.25) is 0 Å². The van der Waals surface area contributed by atoms with E-state index in [1.54, 1.807) is 0 Å². The molecule has 2 heterocycles. The van der Waals surface area contributed by atoms with Crippen LogP contribution in [0.5, 0.6) is 0 Å². The van der Waals surface area contributed by atoms with Gasteiger partial charge in [0.25, 0.3) is 0 Å². The minimum atomic E-state index is -0.0550. The van der Waals surface area contributed by atoms with E-state index < -0.39 is 0 Å². The monoisotopic (exact) mass is 620 g/mol. The summed E-state index contributed by atoms with van der Waals surface area (Å²) in [6.07, 6.45) is 15.6. The predicted molar refractivity (Wildman–Crippen MR) is 195 cm³/mol. The van der Waals surface area contributed by atoms with Crippen LogP contribution in [0.2, 0.25) is 0 Å². The number of hydrogen-bond donors (Lipinski definition) is 0. The van der Waals surface area contributed by atoms with Gasteiger partial charge in [-0.2, -0.15) is 0 Å². The summed E-state index contributed by atoms with van der Waals surface area (Å²) in [5.74, 6) is 2.30. The molecule has 2 aliphatic heterocycles. The van der Waals surface area contributed by atoms with Crippen molar-refractivity contribution in [3.8, 4) is 0 Å². The van der Waals surface area contributed by atoms with Gasteiger partial charge in [0, 0.05) is 11.8 Å². The van der Waals surface area contributed by atoms with Crippen molar-refractivity contribution in [2.45, 2.75) is 131 Å². The maximum Gasteiger partial charge on any atom is 0.0897 e. The summed E-state index contributed by atoms with van der Waals surface area (Å²) < 4.78 is 13.6. The van der Waals surface area contributed by atoms with Crippen LogP contribution in [0.15, 0.2) is 95.6 Å². The molecule has 8 atom stereocenters. The van der Waals surface area contributed by atoms with Crippen molar-refractivity contribution in [3.05, 3.63) is 118 Å². The summed E-state index contributed by atoms with van der Waals surface area (Å²) in [6.45, 7) is 24.3. The number of aryl methyl sites for hydroxylation is 2. The Morgan fingerprint density at radius 3 is 1.67 bits per heavy atom. The van der Waals surface area contributed by atoms with Crippen LogP contribution >= 0.6 is 0 Å². The molecule has 2 aromatic rings. The largest absolute Gasteiger partial charge is 0.366 e. The van der Waals surface area contributed by atoms with Gasteiger partial charge >= 0.3 is 0 Å². The molecule has 46 heavy (non-hydrogen) atoms. The Labute approximate surface area is 281 Å². The van der Waals surface area contributed by atoms with Crippen molar-refractivity contribution in [2.75, 3.05) is 0 Å². The van der Waals surface area contributed by atoms with E-state index in [1.165, 1.54) is 63.8 Å². The number of benzene rings is 2. The lowest BCUT2D eigenvalue weighted by molar-refractivity contribution is -0.181. The molecule has 0 aromatic heterocycles. The maximum atomic E-state index is 6.80. The van der Waals surface area contributed by atoms with Crippen molar-refractivity contribution >= 4 is 0 Å². The molecule has 2 aliphatic carbocycles. The summed E-state index contributed by atoms with van der Waals surface area (Å²) in [5, 5.41) is 0. The molecule has 6 rings (SSSR count). The lowest BCUT2D eigenvalue weighted by atomic mass is 9.65. The second-order valence-electron chi connectivity index (χ2n) is 16.0. The molecule has 0 spiro atoms. The third-order valence-corrected chi connectivity index (χ3v) is 11.6. The van der Waals surface area contributed by atoms with Gasteiger partial charge in [-0.3, -0.25) is 0 Å². The quantitative estimate of drug-likeness (QED) is 0.299. The first-order chi connectivity index (χ1) is 21.8. The summed E-state index contributed by atoms with van der Waals surface area (Å²) >= 11 is 0. The zero-order valence-electron chi connectivity index (χ0n) is 30.3. The standard InChI is InChI=1S/2C22H30O/c2*1-15(2)12-13-22(5)19-11-8-17(4)20(14-19)21(23-22)18-9-6-16(3)7-10-18/h6-10,12,19-21H,11,13-14H2,1-5H3;6-7,9-10,12,19-21H,4,8,11,13-14H2,1-3,5H3. The molecule has 2 saturated heterocycles. The maximum absolute atomic E-state index is 6.80. The number of rotatable bonds is 6. The van der Waals surface area contributed by atoms with Gasteiger partial charge in [0.05, 0.1) is 23.4 Å². The van der Waals surface area contributed by atoms with Gasteiger partial charge in [-0.05, 0) is 130 Å². The second kappa shape index (κ2) is 14.2. The second-order valence-corrected chi connectivity index (χ2v) is 16.0. The first kappa shape index (κ1) is 34.6. The lowest BCUT2D eigenvalue weighted by Crippen LogP contribution is -2.48. The van der Waals surface area contributed by atoms with Gasteiger partial charge in [0.1, 0.15) is 0 Å². The highest BCUT2D eigenvalue weighted by atomic mass is 16.5. The molecule has 0 radical (unpaired) electrons. The van der Waals surface area contributed by atoms with Crippen LogP contribution in [-0.2, 0) is 9.47 Å². The Balaban J connectivity index is 0.000000181. The molecule has 2 nitrogen and oxygen atoms in total. The van der Waals surface area contributed by atoms with Gasteiger partial charge in [-0.25, -0.2) is 0 Å². The van der Waals surface area contributed by atoms with Crippen molar-refractivity contribution in [3.63, 3.8) is 0 Å². The number of ether oxygens (including phenoxy) is 2. The van der Waals surface area contributed by atoms with Gasteiger partial charge in [0.15, 0.2) is 0 Å². The molecule has 4 aliphatic rings. The fourth-order valence-electron chi connectivity index (χ4n) is 8.25. The Morgan fingerprint density at radius 2 is 1.17 bits per heavy atom. The first-order valence-electron chi connectivity index (χ1n) is 17.9. The predicted octanol–water partition coefficient (Wildman–Crippen LogP) is 12.3. The first-order valence-corrected chi connectivity index (χ1v) is 17.9. The van der Waals surface area contributed by atoms with Gasteiger partial charge in [-0.1, -0.05) is 107 Å². The molecule has 2 aromatic carbocycles. The van der Waals surface area contributed by atoms with E-state index >= 15 is 0 Å². The third-order valence-electron chi connectivity index (χ3n) is 11.6. The Hall–Kier alpha value is -2.68. The topological polar surface area (TPSA) is 18.5 Å². The molecule has 0 N–H and O–H groups in total. The summed E-state index contributed by atoms with van der Waals surface area (Å²) in [6, 6.07) is 17.8. The molecule has 4 bridgehead atoms. The van der Waals surface area contributed by atoms with Crippen LogP contribution in [0.25, 0.3) is 0 Å². The van der Waals surface area contributed by atoms with E-state index in [2.05, 4.69) is 136 Å². The fourth-order valence-corrected chi connectivity index (χ4v) is 8.25. The van der Waals surface area contributed by atoms with E-state index in [0.29, 0.717) is 23.7 Å². The van der Waals surface area contributed by atoms with Crippen LogP contribution in [0.3, 0.4) is 0 Å². The van der Waals surface area contributed by atoms with E-state index in [9.17, 15) is 0 Å². The van der Waals surface area contributed by atoms with Crippen LogP contribution < -0.4 is 0 Å². The third kappa shape index (κ3) is 7.71. The van der Waals surface area contributed by atoms with Crippen LogP contribution in [0, 0.1) is 37.5 Å². The van der Waals surface area contributed by atoms with Crippen LogP contribution in [0.1, 0.15) is 128 Å². The highest BCUT2D eigenvalue weighted by Gasteiger charge is 2.49. The van der Waals surface area contributed by atoms with E-state index in [1.807, 2.05) is 0 Å². The van der Waals surface area contributed by atoms with E-state index in [-0.39, 0.29) is 23.4 Å². The van der Waals surface area contributed by atoms with E-state index in [4.69, 9.17) is 9.47 Å². The number of fused-ring (bicyclic) bond motifs is 4. The van der Waals surface area contributed by atoms with Crippen molar-refractivity contribution < 1.29 is 9.47 Å². The molecular weight excluding hydrogens is 560 g/mol. The number of hydrogen-bond acceptors (Lipinski definition) is 2. The normalized spacial score (nSPS) is 33.2. The average molecular weight is 621 g/mol. The number of allylic oxidation sites excluding steroid dienone is 3. The smallest absolute Gasteiger partial charge is 0.0897 e. The Morgan fingerprint density at radius 1 is 0.717 bits per heavy atom. The molecule has 1 saturated carbocycles. The molecule has 0 amide bonds. The zero-order valence-corrected chi connectivity index (χ0v) is 30.3. The highest BCUT2D eigenvalue weighted by Crippen LogP contribution is 2.54. The molecule has 3 fully saturated rings. The Kier molecular flexibility index (Phi) is 10.7. The Bertz CT molecular complexity index is 1450. The zero-order chi connectivity index (χ0) is 33.2. The van der Waals surface area contributed by atoms with Crippen molar-refractivity contribution in [1.82, 2.24) is 0 Å². The molecule has 8 unspecified atom stereocenters. The van der Waals surface area contributed by atoms with Crippen LogP contribution in [-0.4, -0.2) is 11.2 Å². The van der Waals surface area contributed by atoms with Gasteiger partial charge in [-0.15, -0.1) is 0 Å². The van der Waals surface area contributed by atoms with Crippen LogP contribution in [0.4, 0.5) is 0 Å².